The molecule has 3 aliphatic rings. The second-order valence-corrected chi connectivity index (χ2v) is 11.6. The first-order valence-electron chi connectivity index (χ1n) is 12.0. The Labute approximate surface area is 206 Å². The first-order chi connectivity index (χ1) is 15.7. The molecule has 1 N–H and O–H groups in total. The van der Waals surface area contributed by atoms with E-state index in [1.165, 1.54) is 28.9 Å². The van der Waals surface area contributed by atoms with Crippen molar-refractivity contribution < 1.29 is 19.2 Å². The first kappa shape index (κ1) is 24.4. The van der Waals surface area contributed by atoms with Gasteiger partial charge in [0, 0.05) is 34.3 Å². The van der Waals surface area contributed by atoms with Gasteiger partial charge in [-0.1, -0.05) is 50.6 Å². The molecular weight excluding hydrogens is 454 g/mol. The van der Waals surface area contributed by atoms with Crippen LogP contribution in [0.5, 0.6) is 0 Å². The smallest absolute Gasteiger partial charge is 0.369 e. The van der Waals surface area contributed by atoms with Crippen LogP contribution in [0.25, 0.3) is 0 Å². The van der Waals surface area contributed by atoms with Crippen LogP contribution >= 0.6 is 22.9 Å². The van der Waals surface area contributed by atoms with E-state index in [2.05, 4.69) is 32.2 Å². The van der Waals surface area contributed by atoms with Crippen LogP contribution < -0.4 is 4.90 Å². The fourth-order valence-electron chi connectivity index (χ4n) is 6.54. The van der Waals surface area contributed by atoms with E-state index < -0.39 is 0 Å². The summed E-state index contributed by atoms with van der Waals surface area (Å²) in [5.74, 6) is 1.01. The largest absolute Gasteiger partial charge is 0.464 e. The highest BCUT2D eigenvalue weighted by atomic mass is 35.5. The summed E-state index contributed by atoms with van der Waals surface area (Å²) in [5, 5.41) is 2.74. The van der Waals surface area contributed by atoms with Crippen molar-refractivity contribution in [3.05, 3.63) is 56.7 Å². The van der Waals surface area contributed by atoms with E-state index >= 15 is 0 Å². The van der Waals surface area contributed by atoms with Gasteiger partial charge in [0.2, 0.25) is 6.04 Å². The van der Waals surface area contributed by atoms with Gasteiger partial charge in [-0.2, -0.15) is 0 Å². The van der Waals surface area contributed by atoms with Crippen molar-refractivity contribution in [3.63, 3.8) is 0 Å². The molecule has 1 aromatic carbocycles. The Morgan fingerprint density at radius 2 is 2.06 bits per heavy atom. The summed E-state index contributed by atoms with van der Waals surface area (Å²) in [7, 11) is 1.44. The van der Waals surface area contributed by atoms with Gasteiger partial charge >= 0.3 is 5.97 Å². The summed E-state index contributed by atoms with van der Waals surface area (Å²) in [5.41, 5.74) is 2.54. The summed E-state index contributed by atoms with van der Waals surface area (Å²) in [6.07, 6.45) is 5.35. The number of thiophene rings is 1. The highest BCUT2D eigenvalue weighted by Crippen LogP contribution is 2.65. The molecule has 1 aliphatic heterocycles. The number of ether oxygens (including phenoxy) is 1. The van der Waals surface area contributed by atoms with Crippen LogP contribution in [0.2, 0.25) is 5.02 Å². The van der Waals surface area contributed by atoms with E-state index in [-0.39, 0.29) is 17.4 Å². The third kappa shape index (κ3) is 4.17. The number of halogens is 1. The van der Waals surface area contributed by atoms with Crippen LogP contribution in [0.1, 0.15) is 68.5 Å². The number of fused-ring (bicyclic) bond motifs is 3. The van der Waals surface area contributed by atoms with E-state index in [0.717, 1.165) is 44.3 Å². The number of carbonyl (C=O) groups is 2. The summed E-state index contributed by atoms with van der Waals surface area (Å²) in [4.78, 5) is 26.7. The third-order valence-electron chi connectivity index (χ3n) is 8.73. The average molecular weight is 489 g/mol. The van der Waals surface area contributed by atoms with Crippen molar-refractivity contribution in [1.29, 1.82) is 0 Å². The van der Waals surface area contributed by atoms with Gasteiger partial charge in [0.05, 0.1) is 18.7 Å². The van der Waals surface area contributed by atoms with Crippen LogP contribution in [-0.4, -0.2) is 25.4 Å². The van der Waals surface area contributed by atoms with Crippen molar-refractivity contribution in [2.75, 3.05) is 13.7 Å². The quantitative estimate of drug-likeness (QED) is 0.613. The summed E-state index contributed by atoms with van der Waals surface area (Å²) < 4.78 is 5.03. The number of esters is 1. The lowest BCUT2D eigenvalue weighted by atomic mass is 9.67. The molecule has 3 unspecified atom stereocenters. The number of carbonyl (C=O) groups excluding carboxylic acids is 2. The van der Waals surface area contributed by atoms with E-state index in [4.69, 9.17) is 16.3 Å². The third-order valence-corrected chi connectivity index (χ3v) is 10.1. The van der Waals surface area contributed by atoms with Crippen molar-refractivity contribution in [1.82, 2.24) is 0 Å². The minimum Gasteiger partial charge on any atom is -0.464 e. The number of benzene rings is 1. The van der Waals surface area contributed by atoms with Crippen LogP contribution in [0, 0.1) is 16.7 Å². The standard InChI is InChI=1S/C16H16ClNO2S.C11H18O/c1-20-16(19)15(12-4-2-3-5-13(12)17)18-8-6-14-11(10-18)7-9-21-14;1-4-11-6-5-8(7-9(11)12)10(11,2)3/h2-5,7,9,15H,6,8,10H2,1H3;8H,4-7H2,1-3H3/p+1/t15-;/m0./s1. The molecule has 2 aliphatic carbocycles. The monoisotopic (exact) mass is 488 g/mol. The molecule has 0 spiro atoms. The predicted molar refractivity (Wildman–Crippen MR) is 133 cm³/mol. The number of ketones is 1. The fraction of sp³-hybridized carbons (Fsp3) is 0.556. The molecule has 2 bridgehead atoms. The number of rotatable bonds is 4. The zero-order valence-corrected chi connectivity index (χ0v) is 21.7. The van der Waals surface area contributed by atoms with E-state index in [1.807, 2.05) is 24.3 Å². The predicted octanol–water partition coefficient (Wildman–Crippen LogP) is 5.05. The molecule has 0 amide bonds. The minimum atomic E-state index is -0.364. The molecule has 6 heteroatoms. The van der Waals surface area contributed by atoms with Gasteiger partial charge in [-0.3, -0.25) is 4.79 Å². The Kier molecular flexibility index (Phi) is 7.05. The second kappa shape index (κ2) is 9.52. The van der Waals surface area contributed by atoms with Gasteiger partial charge in [-0.05, 0) is 48.1 Å². The molecule has 1 aromatic heterocycles. The van der Waals surface area contributed by atoms with Crippen molar-refractivity contribution in [2.24, 2.45) is 16.7 Å². The molecule has 4 nitrogen and oxygen atoms in total. The molecule has 2 fully saturated rings. The van der Waals surface area contributed by atoms with Crippen molar-refractivity contribution in [3.8, 4) is 0 Å². The molecule has 0 saturated heterocycles. The minimum absolute atomic E-state index is 0.0671. The zero-order valence-electron chi connectivity index (χ0n) is 20.1. The van der Waals surface area contributed by atoms with Crippen molar-refractivity contribution >= 4 is 34.7 Å². The maximum absolute atomic E-state index is 12.3. The number of methoxy groups -OCH3 is 1. The fourth-order valence-corrected chi connectivity index (χ4v) is 7.69. The molecule has 4 atom stereocenters. The molecule has 33 heavy (non-hydrogen) atoms. The van der Waals surface area contributed by atoms with Gasteiger partial charge < -0.3 is 9.64 Å². The number of quaternary nitrogens is 1. The Hall–Kier alpha value is -1.69. The summed E-state index contributed by atoms with van der Waals surface area (Å²) in [6.45, 7) is 8.51. The van der Waals surface area contributed by atoms with E-state index in [9.17, 15) is 9.59 Å². The van der Waals surface area contributed by atoms with Gasteiger partial charge in [-0.15, -0.1) is 11.3 Å². The summed E-state index contributed by atoms with van der Waals surface area (Å²) >= 11 is 8.10. The highest BCUT2D eigenvalue weighted by molar-refractivity contribution is 7.10. The van der Waals surface area contributed by atoms with E-state index in [0.29, 0.717) is 22.1 Å². The maximum atomic E-state index is 12.3. The Balaban J connectivity index is 0.000000183. The molecule has 178 valence electrons. The Bertz CT molecular complexity index is 1030. The topological polar surface area (TPSA) is 47.8 Å². The number of hydrogen-bond acceptors (Lipinski definition) is 4. The number of nitrogens with one attached hydrogen (secondary N) is 1. The molecule has 5 rings (SSSR count). The number of Topliss-reactive ketones (excluding diaryl/α,β-unsaturated/α-hetero) is 1. The lowest BCUT2D eigenvalue weighted by Gasteiger charge is -2.35. The van der Waals surface area contributed by atoms with Crippen LogP contribution in [0.15, 0.2) is 35.7 Å². The van der Waals surface area contributed by atoms with Crippen LogP contribution in [0.4, 0.5) is 0 Å². The van der Waals surface area contributed by atoms with Gasteiger partial charge in [-0.25, -0.2) is 4.79 Å². The van der Waals surface area contributed by atoms with Crippen LogP contribution in [-0.2, 0) is 27.3 Å². The Morgan fingerprint density at radius 3 is 2.64 bits per heavy atom. The first-order valence-corrected chi connectivity index (χ1v) is 13.3. The molecule has 0 radical (unpaired) electrons. The van der Waals surface area contributed by atoms with E-state index in [1.54, 1.807) is 11.3 Å². The van der Waals surface area contributed by atoms with Gasteiger partial charge in [0.1, 0.15) is 12.3 Å². The van der Waals surface area contributed by atoms with Crippen molar-refractivity contribution in [2.45, 2.75) is 65.5 Å². The lowest BCUT2D eigenvalue weighted by Crippen LogP contribution is -3.13. The molecule has 2 heterocycles. The lowest BCUT2D eigenvalue weighted by molar-refractivity contribution is -0.938. The molecule has 2 saturated carbocycles. The maximum Gasteiger partial charge on any atom is 0.369 e. The molecular formula is C27H35ClNO3S+. The normalized spacial score (nSPS) is 28.0. The SMILES string of the molecule is CCC12CCC(CC1=O)C2(C)C.COC(=O)[C@H](c1ccccc1Cl)[NH+]1CCc2sccc2C1. The Morgan fingerprint density at radius 1 is 1.30 bits per heavy atom. The number of hydrogen-bond donors (Lipinski definition) is 1. The van der Waals surface area contributed by atoms with Gasteiger partial charge in [0.25, 0.3) is 0 Å². The van der Waals surface area contributed by atoms with Gasteiger partial charge in [0.15, 0.2) is 0 Å². The van der Waals surface area contributed by atoms with Crippen LogP contribution in [0.3, 0.4) is 0 Å². The zero-order chi connectivity index (χ0) is 23.8. The molecule has 2 aromatic rings. The average Bonchev–Trinajstić information content (AvgIpc) is 3.43. The highest BCUT2D eigenvalue weighted by Gasteiger charge is 2.62. The second-order valence-electron chi connectivity index (χ2n) is 10.2. The summed E-state index contributed by atoms with van der Waals surface area (Å²) in [6, 6.07) is 9.32.